The highest BCUT2D eigenvalue weighted by Crippen LogP contribution is 2.65. The summed E-state index contributed by atoms with van der Waals surface area (Å²) in [6.45, 7) is 6.99. The molecule has 16 heteroatoms. The van der Waals surface area contributed by atoms with Crippen LogP contribution in [0, 0.1) is 28.6 Å². The Morgan fingerprint density at radius 1 is 0.714 bits per heavy atom. The van der Waals surface area contributed by atoms with Crippen LogP contribution in [-0.2, 0) is 38.0 Å². The first kappa shape index (κ1) is 42.7. The second kappa shape index (κ2) is 16.5. The highest BCUT2D eigenvalue weighted by atomic mass is 16.8. The molecule has 21 atom stereocenters. The highest BCUT2D eigenvalue weighted by Gasteiger charge is 2.59. The molecule has 4 aliphatic carbocycles. The van der Waals surface area contributed by atoms with Gasteiger partial charge in [0.25, 0.3) is 0 Å². The summed E-state index contributed by atoms with van der Waals surface area (Å²) in [5, 5.41) is 85.3. The van der Waals surface area contributed by atoms with E-state index in [4.69, 9.17) is 33.2 Å². The van der Waals surface area contributed by atoms with Gasteiger partial charge >= 0.3 is 0 Å². The van der Waals surface area contributed by atoms with Crippen molar-refractivity contribution >= 4 is 5.78 Å². The minimum atomic E-state index is -1.72. The van der Waals surface area contributed by atoms with Crippen molar-refractivity contribution in [1.29, 1.82) is 0 Å². The summed E-state index contributed by atoms with van der Waals surface area (Å²) in [6, 6.07) is 0. The first-order valence-electron chi connectivity index (χ1n) is 20.3. The summed E-state index contributed by atoms with van der Waals surface area (Å²) >= 11 is 0. The predicted octanol–water partition coefficient (Wildman–Crippen LogP) is -0.410. The Kier molecular flexibility index (Phi) is 12.6. The number of Topliss-reactive ketones (excluding diaryl/α,β-unsaturated/α-hetero) is 1. The molecular formula is C40H62O16. The van der Waals surface area contributed by atoms with Gasteiger partial charge in [0.05, 0.1) is 24.9 Å². The van der Waals surface area contributed by atoms with Crippen LogP contribution >= 0.6 is 0 Å². The molecule has 7 aliphatic rings. The molecule has 8 N–H and O–H groups in total. The van der Waals surface area contributed by atoms with Crippen molar-refractivity contribution in [2.75, 3.05) is 20.3 Å². The molecule has 3 heterocycles. The topological polar surface area (TPSA) is 244 Å². The Morgan fingerprint density at radius 3 is 1.93 bits per heavy atom. The van der Waals surface area contributed by atoms with Crippen LogP contribution in [0.2, 0.25) is 0 Å². The van der Waals surface area contributed by atoms with Crippen LogP contribution in [0.4, 0.5) is 0 Å². The molecule has 0 aromatic heterocycles. The van der Waals surface area contributed by atoms with E-state index in [1.807, 2.05) is 0 Å². The van der Waals surface area contributed by atoms with Gasteiger partial charge in [0.15, 0.2) is 24.7 Å². The van der Waals surface area contributed by atoms with Crippen LogP contribution in [-0.4, -0.2) is 165 Å². The van der Waals surface area contributed by atoms with Crippen molar-refractivity contribution in [1.82, 2.24) is 0 Å². The van der Waals surface area contributed by atoms with Gasteiger partial charge in [0.2, 0.25) is 0 Å². The number of methoxy groups -OCH3 is 1. The lowest BCUT2D eigenvalue weighted by molar-refractivity contribution is -0.388. The fourth-order valence-corrected chi connectivity index (χ4v) is 11.2. The van der Waals surface area contributed by atoms with E-state index < -0.39 is 105 Å². The summed E-state index contributed by atoms with van der Waals surface area (Å²) in [7, 11) is 1.55. The number of ketones is 1. The highest BCUT2D eigenvalue weighted by molar-refractivity contribution is 5.98. The number of fused-ring (bicyclic) bond motifs is 5. The van der Waals surface area contributed by atoms with Gasteiger partial charge in [0, 0.05) is 7.11 Å². The van der Waals surface area contributed by atoms with Crippen LogP contribution < -0.4 is 0 Å². The zero-order valence-corrected chi connectivity index (χ0v) is 32.8. The molecular weight excluding hydrogens is 736 g/mol. The van der Waals surface area contributed by atoms with Gasteiger partial charge in [-0.3, -0.25) is 4.79 Å². The zero-order chi connectivity index (χ0) is 40.4. The molecule has 3 aliphatic heterocycles. The van der Waals surface area contributed by atoms with Gasteiger partial charge in [-0.25, -0.2) is 0 Å². The second-order valence-electron chi connectivity index (χ2n) is 17.7. The van der Waals surface area contributed by atoms with E-state index in [9.17, 15) is 45.6 Å². The maximum Gasteiger partial charge on any atom is 0.187 e. The molecule has 318 valence electrons. The molecule has 0 amide bonds. The first-order valence-corrected chi connectivity index (χ1v) is 20.3. The third kappa shape index (κ3) is 7.38. The second-order valence-corrected chi connectivity index (χ2v) is 17.7. The van der Waals surface area contributed by atoms with E-state index in [1.54, 1.807) is 7.11 Å². The molecule has 7 rings (SSSR count). The minimum Gasteiger partial charge on any atom is -0.394 e. The van der Waals surface area contributed by atoms with Crippen molar-refractivity contribution in [2.45, 2.75) is 171 Å². The fraction of sp³-hybridized carbons (Fsp3) is 0.875. The fourth-order valence-electron chi connectivity index (χ4n) is 11.2. The van der Waals surface area contributed by atoms with Crippen molar-refractivity contribution < 1.29 is 78.8 Å². The quantitative estimate of drug-likeness (QED) is 0.131. The molecule has 16 nitrogen and oxygen atoms in total. The molecule has 0 aromatic rings. The largest absolute Gasteiger partial charge is 0.394 e. The third-order valence-corrected chi connectivity index (χ3v) is 14.5. The normalized spacial score (nSPS) is 52.0. The number of carbonyl (C=O) groups is 1. The van der Waals surface area contributed by atoms with E-state index in [-0.39, 0.29) is 23.2 Å². The summed E-state index contributed by atoms with van der Waals surface area (Å²) in [6.07, 6.45) is -11.8. The number of hydrogen-bond donors (Lipinski definition) is 8. The molecule has 5 fully saturated rings. The summed E-state index contributed by atoms with van der Waals surface area (Å²) in [5.41, 5.74) is 1.95. The van der Waals surface area contributed by atoms with Gasteiger partial charge in [-0.1, -0.05) is 31.6 Å². The molecule has 0 spiro atoms. The third-order valence-electron chi connectivity index (χ3n) is 14.5. The lowest BCUT2D eigenvalue weighted by atomic mass is 9.47. The average Bonchev–Trinajstić information content (AvgIpc) is 3.53. The van der Waals surface area contributed by atoms with Gasteiger partial charge in [-0.05, 0) is 93.0 Å². The van der Waals surface area contributed by atoms with Crippen LogP contribution in [0.5, 0.6) is 0 Å². The van der Waals surface area contributed by atoms with E-state index in [2.05, 4.69) is 26.0 Å². The first-order chi connectivity index (χ1) is 26.5. The van der Waals surface area contributed by atoms with Crippen molar-refractivity contribution in [3.05, 3.63) is 23.3 Å². The lowest BCUT2D eigenvalue weighted by Gasteiger charge is -2.58. The van der Waals surface area contributed by atoms with Crippen LogP contribution in [0.25, 0.3) is 0 Å². The Hall–Kier alpha value is -1.45. The number of allylic oxidation sites excluding steroid dienone is 2. The summed E-state index contributed by atoms with van der Waals surface area (Å²) in [4.78, 5) is 13.0. The molecule has 0 bridgehead atoms. The van der Waals surface area contributed by atoms with Crippen molar-refractivity contribution in [3.63, 3.8) is 0 Å². The van der Waals surface area contributed by atoms with Gasteiger partial charge in [-0.2, -0.15) is 0 Å². The summed E-state index contributed by atoms with van der Waals surface area (Å²) < 4.78 is 41.5. The Labute approximate surface area is 327 Å². The van der Waals surface area contributed by atoms with Crippen molar-refractivity contribution in [3.8, 4) is 0 Å². The van der Waals surface area contributed by atoms with Crippen LogP contribution in [0.1, 0.15) is 72.6 Å². The molecule has 2 saturated carbocycles. The number of carbonyl (C=O) groups excluding carboxylic acids is 1. The molecule has 56 heavy (non-hydrogen) atoms. The predicted molar refractivity (Wildman–Crippen MR) is 193 cm³/mol. The van der Waals surface area contributed by atoms with Gasteiger partial charge in [0.1, 0.15) is 67.6 Å². The monoisotopic (exact) mass is 798 g/mol. The smallest absolute Gasteiger partial charge is 0.187 e. The standard InChI is InChI=1S/C40H62O16/c1-17-27(43)29(45)31(47)36(51-17)55-34-26(15-41)54-38(35(33(34)49)56-37-32(48)30(46)28(44)18(2)52-37)53-20-10-12-39(3)19(14-20)6-7-21-22-8-9-24(25(42)16-50-5)40(22,4)13-11-23(21)39/h6,9,17-18,20-23,26-38,41,43-49H,7-8,10-16H2,1-5H3. The molecule has 21 unspecified atom stereocenters. The SMILES string of the molecule is COCC(=O)C1=CCC2C3CC=C4CC(OC5OC(CO)C(OC6OC(C)C(O)C(O)C6O)C(O)C5OC5OC(C)C(O)C(O)C5O)CCC4(C)C3CCC12C. The number of aliphatic hydroxyl groups is 8. The van der Waals surface area contributed by atoms with Gasteiger partial charge in [-0.15, -0.1) is 0 Å². The maximum absolute atomic E-state index is 13.0. The molecule has 3 saturated heterocycles. The van der Waals surface area contributed by atoms with E-state index in [0.717, 1.165) is 37.7 Å². The summed E-state index contributed by atoms with van der Waals surface area (Å²) in [5.74, 6) is 1.31. The van der Waals surface area contributed by atoms with Crippen LogP contribution in [0.15, 0.2) is 23.3 Å². The molecule has 0 radical (unpaired) electrons. The number of rotatable bonds is 10. The van der Waals surface area contributed by atoms with E-state index >= 15 is 0 Å². The Morgan fingerprint density at radius 2 is 1.32 bits per heavy atom. The van der Waals surface area contributed by atoms with E-state index in [1.165, 1.54) is 19.4 Å². The average molecular weight is 799 g/mol. The van der Waals surface area contributed by atoms with Crippen molar-refractivity contribution in [2.24, 2.45) is 28.6 Å². The number of aliphatic hydroxyl groups excluding tert-OH is 8. The van der Waals surface area contributed by atoms with Crippen LogP contribution in [0.3, 0.4) is 0 Å². The maximum atomic E-state index is 13.0. The molecule has 0 aromatic carbocycles. The minimum absolute atomic E-state index is 0.0755. The Bertz CT molecular complexity index is 1480. The number of ether oxygens (including phenoxy) is 7. The lowest BCUT2D eigenvalue weighted by Crippen LogP contribution is -2.66. The van der Waals surface area contributed by atoms with Gasteiger partial charge < -0.3 is 74.0 Å². The van der Waals surface area contributed by atoms with E-state index in [0.29, 0.717) is 30.6 Å². The zero-order valence-electron chi connectivity index (χ0n) is 32.8. The number of hydrogen-bond acceptors (Lipinski definition) is 16. The Balaban J connectivity index is 1.09.